The molecule has 2 unspecified atom stereocenters. The van der Waals surface area contributed by atoms with Crippen molar-refractivity contribution in [3.8, 4) is 0 Å². The van der Waals surface area contributed by atoms with Crippen molar-refractivity contribution in [2.45, 2.75) is 150 Å². The summed E-state index contributed by atoms with van der Waals surface area (Å²) in [6.07, 6.45) is 4.58. The van der Waals surface area contributed by atoms with Crippen LogP contribution in [0.4, 0.5) is 0 Å². The first kappa shape index (κ1) is 54.4. The highest BCUT2D eigenvalue weighted by Gasteiger charge is 2.37. The van der Waals surface area contributed by atoms with Crippen molar-refractivity contribution in [3.63, 3.8) is 0 Å². The molecule has 0 aromatic heterocycles. The fourth-order valence-electron chi connectivity index (χ4n) is 7.18. The first-order valence-electron chi connectivity index (χ1n) is 22.2. The summed E-state index contributed by atoms with van der Waals surface area (Å²) in [4.78, 5) is 99.8. The van der Waals surface area contributed by atoms with Gasteiger partial charge in [0.15, 0.2) is 6.10 Å². The quantitative estimate of drug-likeness (QED) is 0.132. The van der Waals surface area contributed by atoms with Gasteiger partial charge in [-0.15, -0.1) is 0 Å². The van der Waals surface area contributed by atoms with E-state index < -0.39 is 84.4 Å². The molecule has 0 bridgehead atoms. The number of hydrogen-bond acceptors (Lipinski definition) is 10. The predicted molar refractivity (Wildman–Crippen MR) is 244 cm³/mol. The van der Waals surface area contributed by atoms with Crippen LogP contribution in [0.5, 0.6) is 0 Å². The minimum Gasteiger partial charge on any atom is -0.456 e. The van der Waals surface area contributed by atoms with E-state index in [0.717, 1.165) is 5.57 Å². The number of nitrogens with two attached hydrogens (primary N) is 1. The second-order valence-corrected chi connectivity index (χ2v) is 17.8. The highest BCUT2D eigenvalue weighted by Crippen LogP contribution is 2.23. The van der Waals surface area contributed by atoms with Crippen molar-refractivity contribution < 1.29 is 43.0 Å². The van der Waals surface area contributed by atoms with Crippen molar-refractivity contribution in [2.75, 3.05) is 27.2 Å². The topological polar surface area (TPSA) is 207 Å². The van der Waals surface area contributed by atoms with Gasteiger partial charge in [-0.25, -0.2) is 9.59 Å². The SMILES string of the molecule is C/C=C(\C)[C@H]1OC(=O)[C@@H](C)NC(=O)[C@H](C(C)CC)NC(=O)CN(C)C(=O)[C@@H](Cc2ccc(Cl)cc2)N(C)C(=O)C(CCCCN)NC(=O)[C@@H](CC(C)C)OC(=O)/C(C)=C/CC[C@@H]1C. The fraction of sp³-hybridized carbons (Fsp3) is 0.638. The first-order valence-corrected chi connectivity index (χ1v) is 22.6. The number of unbranched alkanes of at least 4 members (excludes halogenated alkanes) is 1. The van der Waals surface area contributed by atoms with Crippen molar-refractivity contribution >= 4 is 53.1 Å². The van der Waals surface area contributed by atoms with Crippen LogP contribution < -0.4 is 21.7 Å². The molecule has 0 radical (unpaired) electrons. The third kappa shape index (κ3) is 17.4. The van der Waals surface area contributed by atoms with E-state index in [0.29, 0.717) is 49.2 Å². The minimum absolute atomic E-state index is 0.0337. The number of carbonyl (C=O) groups excluding carboxylic acids is 7. The lowest BCUT2D eigenvalue weighted by Crippen LogP contribution is -2.58. The van der Waals surface area contributed by atoms with Gasteiger partial charge in [0.2, 0.25) is 23.6 Å². The first-order chi connectivity index (χ1) is 29.6. The molecule has 0 aliphatic carbocycles. The van der Waals surface area contributed by atoms with Crippen molar-refractivity contribution in [2.24, 2.45) is 23.5 Å². The standard InChI is InChI=1S/C47H73ClN6O9/c1-12-29(5)40-43(57)50-33(9)47(61)63-41(30(6)13-2)31(7)17-16-18-32(8)46(60)62-38(25-28(3)4)42(56)51-36(19-14-15-24-49)44(58)54(11)37(26-34-20-22-35(48)23-21-34)45(59)53(10)27-39(55)52-40/h13,18,20-23,28-29,31,33,36-38,40-41H,12,14-17,19,24-27,49H2,1-11H3,(H,50,57)(H,51,56)(H,52,55)/b30-13+,32-18+/t29?,31-,33+,36?,37+,38+,40-,41+/m0/s1. The van der Waals surface area contributed by atoms with Crippen LogP contribution in [0.3, 0.4) is 0 Å². The van der Waals surface area contributed by atoms with Crippen molar-refractivity contribution in [1.29, 1.82) is 0 Å². The van der Waals surface area contributed by atoms with Gasteiger partial charge in [-0.3, -0.25) is 24.0 Å². The maximum atomic E-state index is 14.5. The number of amides is 5. The molecule has 16 heteroatoms. The van der Waals surface area contributed by atoms with E-state index in [9.17, 15) is 33.6 Å². The summed E-state index contributed by atoms with van der Waals surface area (Å²) < 4.78 is 11.8. The molecular weight excluding hydrogens is 828 g/mol. The summed E-state index contributed by atoms with van der Waals surface area (Å²) in [5, 5.41) is 8.78. The van der Waals surface area contributed by atoms with Crippen LogP contribution in [0.2, 0.25) is 5.02 Å². The van der Waals surface area contributed by atoms with Crippen LogP contribution in [-0.2, 0) is 49.5 Å². The molecule has 0 spiro atoms. The van der Waals surface area contributed by atoms with Crippen LogP contribution in [0, 0.1) is 17.8 Å². The van der Waals surface area contributed by atoms with Crippen LogP contribution in [0.1, 0.15) is 113 Å². The lowest BCUT2D eigenvalue weighted by atomic mass is 9.93. The van der Waals surface area contributed by atoms with E-state index in [1.54, 1.807) is 44.2 Å². The Bertz CT molecular complexity index is 1780. The minimum atomic E-state index is -1.23. The number of nitrogens with zero attached hydrogens (tertiary/aromatic N) is 2. The average Bonchev–Trinajstić information content (AvgIpc) is 3.24. The Kier molecular flexibility index (Phi) is 23.1. The van der Waals surface area contributed by atoms with Crippen LogP contribution in [-0.4, -0.2) is 115 Å². The van der Waals surface area contributed by atoms with Gasteiger partial charge in [-0.1, -0.05) is 76.9 Å². The predicted octanol–water partition coefficient (Wildman–Crippen LogP) is 5.03. The molecule has 1 aromatic carbocycles. The maximum Gasteiger partial charge on any atom is 0.334 e. The number of hydrogen-bond donors (Lipinski definition) is 4. The zero-order valence-electron chi connectivity index (χ0n) is 39.3. The molecule has 0 fully saturated rings. The lowest BCUT2D eigenvalue weighted by Gasteiger charge is -2.34. The van der Waals surface area contributed by atoms with Gasteiger partial charge >= 0.3 is 11.9 Å². The number of likely N-dealkylation sites (N-methyl/N-ethyl adjacent to an activating group) is 2. The fourth-order valence-corrected chi connectivity index (χ4v) is 7.31. The molecule has 352 valence electrons. The maximum absolute atomic E-state index is 14.5. The molecule has 0 saturated heterocycles. The lowest BCUT2D eigenvalue weighted by molar-refractivity contribution is -0.154. The monoisotopic (exact) mass is 901 g/mol. The van der Waals surface area contributed by atoms with Gasteiger partial charge in [0, 0.05) is 31.1 Å². The van der Waals surface area contributed by atoms with Crippen molar-refractivity contribution in [1.82, 2.24) is 25.8 Å². The zero-order chi connectivity index (χ0) is 47.6. The number of ether oxygens (including phenoxy) is 2. The number of rotatable bonds is 11. The number of nitrogens with one attached hydrogen (secondary N) is 3. The summed E-state index contributed by atoms with van der Waals surface area (Å²) in [5.74, 6) is -5.02. The molecule has 1 aliphatic heterocycles. The number of halogens is 1. The van der Waals surface area contributed by atoms with Crippen LogP contribution in [0.15, 0.2) is 47.6 Å². The summed E-state index contributed by atoms with van der Waals surface area (Å²) >= 11 is 6.17. The van der Waals surface area contributed by atoms with E-state index in [2.05, 4.69) is 16.0 Å². The second-order valence-electron chi connectivity index (χ2n) is 17.4. The number of allylic oxidation sites excluding steroid dienone is 2. The summed E-state index contributed by atoms with van der Waals surface area (Å²) in [5.41, 5.74) is 7.56. The van der Waals surface area contributed by atoms with Crippen LogP contribution in [0.25, 0.3) is 0 Å². The smallest absolute Gasteiger partial charge is 0.334 e. The Hall–Kier alpha value is -4.76. The number of esters is 2. The van der Waals surface area contributed by atoms with E-state index in [-0.39, 0.29) is 42.6 Å². The molecule has 15 nitrogen and oxygen atoms in total. The van der Waals surface area contributed by atoms with Gasteiger partial charge in [0.25, 0.3) is 5.91 Å². The largest absolute Gasteiger partial charge is 0.456 e. The molecule has 2 rings (SSSR count). The van der Waals surface area contributed by atoms with E-state index in [4.69, 9.17) is 26.8 Å². The highest BCUT2D eigenvalue weighted by molar-refractivity contribution is 6.30. The van der Waals surface area contributed by atoms with Gasteiger partial charge < -0.3 is 41.0 Å². The highest BCUT2D eigenvalue weighted by atomic mass is 35.5. The third-order valence-corrected chi connectivity index (χ3v) is 11.8. The van der Waals surface area contributed by atoms with Gasteiger partial charge in [0.1, 0.15) is 30.3 Å². The molecule has 1 heterocycles. The summed E-state index contributed by atoms with van der Waals surface area (Å²) in [6.45, 7) is 16.0. The Morgan fingerprint density at radius 3 is 2.17 bits per heavy atom. The Labute approximate surface area is 379 Å². The van der Waals surface area contributed by atoms with Crippen LogP contribution >= 0.6 is 11.6 Å². The number of benzene rings is 1. The van der Waals surface area contributed by atoms with Gasteiger partial charge in [-0.05, 0) is 114 Å². The van der Waals surface area contributed by atoms with Gasteiger partial charge in [-0.2, -0.15) is 0 Å². The van der Waals surface area contributed by atoms with E-state index in [1.165, 1.54) is 30.8 Å². The average molecular weight is 902 g/mol. The number of carbonyl (C=O) groups is 7. The molecule has 1 aliphatic rings. The zero-order valence-corrected chi connectivity index (χ0v) is 40.0. The molecule has 0 saturated carbocycles. The molecule has 5 N–H and O–H groups in total. The number of cyclic esters (lactones) is 2. The van der Waals surface area contributed by atoms with E-state index >= 15 is 0 Å². The molecule has 63 heavy (non-hydrogen) atoms. The Balaban J connectivity index is 2.70. The van der Waals surface area contributed by atoms with Gasteiger partial charge in [0.05, 0.1) is 6.54 Å². The molecule has 5 amide bonds. The van der Waals surface area contributed by atoms with Crippen molar-refractivity contribution in [3.05, 3.63) is 58.1 Å². The second kappa shape index (κ2) is 26.8. The Morgan fingerprint density at radius 1 is 0.937 bits per heavy atom. The third-order valence-electron chi connectivity index (χ3n) is 11.6. The van der Waals surface area contributed by atoms with E-state index in [1.807, 2.05) is 47.6 Å². The summed E-state index contributed by atoms with van der Waals surface area (Å²) in [6, 6.07) is 2.38. The Morgan fingerprint density at radius 2 is 1.59 bits per heavy atom. The molecular formula is C47H73ClN6O9. The normalized spacial score (nSPS) is 26.6. The summed E-state index contributed by atoms with van der Waals surface area (Å²) in [7, 11) is 2.89. The molecule has 1 aromatic rings. The molecule has 8 atom stereocenters.